The first kappa shape index (κ1) is 21.9. The monoisotopic (exact) mass is 494 g/mol. The van der Waals surface area contributed by atoms with Crippen LogP contribution in [0.15, 0.2) is 58.5 Å². The molecule has 0 spiro atoms. The van der Waals surface area contributed by atoms with Gasteiger partial charge in [0.25, 0.3) is 0 Å². The minimum atomic E-state index is -1.28. The molecule has 11 heteroatoms. The number of nitrogens with two attached hydrogens (primary N) is 1. The Balaban J connectivity index is 1.30. The van der Waals surface area contributed by atoms with Crippen molar-refractivity contribution < 1.29 is 17.9 Å². The molecule has 1 saturated carbocycles. The Morgan fingerprint density at radius 1 is 1.20 bits per heavy atom. The summed E-state index contributed by atoms with van der Waals surface area (Å²) < 4.78 is 40.2. The van der Waals surface area contributed by atoms with Crippen LogP contribution in [0.3, 0.4) is 0 Å². The van der Waals surface area contributed by atoms with E-state index in [0.717, 1.165) is 12.0 Å². The van der Waals surface area contributed by atoms with E-state index in [0.29, 0.717) is 40.1 Å². The number of oxazole rings is 1. The molecule has 2 aliphatic rings. The number of benzene rings is 1. The van der Waals surface area contributed by atoms with Gasteiger partial charge in [0.05, 0.1) is 23.6 Å². The van der Waals surface area contributed by atoms with Gasteiger partial charge in [0.2, 0.25) is 11.8 Å². The molecule has 3 aromatic heterocycles. The van der Waals surface area contributed by atoms with Crippen LogP contribution in [0.2, 0.25) is 0 Å². The lowest BCUT2D eigenvalue weighted by molar-refractivity contribution is 0.253. The zero-order valence-corrected chi connectivity index (χ0v) is 19.2. The zero-order chi connectivity index (χ0) is 24.0. The minimum Gasteiger partial charge on any atom is -0.467 e. The van der Waals surface area contributed by atoms with Gasteiger partial charge in [0.1, 0.15) is 29.8 Å². The summed E-state index contributed by atoms with van der Waals surface area (Å²) in [7, 11) is 0. The maximum atomic E-state index is 15.0. The van der Waals surface area contributed by atoms with Gasteiger partial charge in [-0.15, -0.1) is 0 Å². The van der Waals surface area contributed by atoms with Crippen molar-refractivity contribution in [3.8, 4) is 5.88 Å². The number of hydrogen-bond donors (Lipinski definition) is 1. The number of aromatic nitrogens is 4. The molecular weight excluding hydrogens is 474 g/mol. The van der Waals surface area contributed by atoms with Gasteiger partial charge in [-0.1, -0.05) is 17.8 Å². The highest BCUT2D eigenvalue weighted by molar-refractivity contribution is 8.14. The molecule has 35 heavy (non-hydrogen) atoms. The fraction of sp³-hybridized carbons (Fsp3) is 0.292. The van der Waals surface area contributed by atoms with Crippen LogP contribution in [-0.2, 0) is 18.6 Å². The number of aliphatic imine (C=N–C) groups is 1. The Morgan fingerprint density at radius 2 is 2.11 bits per heavy atom. The maximum Gasteiger partial charge on any atom is 0.233 e. The number of nitrogens with zero attached hydrogens (tertiary/aromatic N) is 5. The number of pyridine rings is 1. The predicted molar refractivity (Wildman–Crippen MR) is 126 cm³/mol. The summed E-state index contributed by atoms with van der Waals surface area (Å²) in [6.45, 7) is -0.669. The van der Waals surface area contributed by atoms with E-state index in [1.165, 1.54) is 36.5 Å². The fourth-order valence-corrected chi connectivity index (χ4v) is 5.80. The van der Waals surface area contributed by atoms with Gasteiger partial charge < -0.3 is 14.9 Å². The van der Waals surface area contributed by atoms with Crippen LogP contribution in [0.5, 0.6) is 5.88 Å². The van der Waals surface area contributed by atoms with Crippen molar-refractivity contribution in [2.75, 3.05) is 6.67 Å². The highest BCUT2D eigenvalue weighted by atomic mass is 32.2. The second-order valence-corrected chi connectivity index (χ2v) is 9.81. The second-order valence-electron chi connectivity index (χ2n) is 8.55. The largest absolute Gasteiger partial charge is 0.467 e. The molecule has 178 valence electrons. The van der Waals surface area contributed by atoms with Crippen molar-refractivity contribution in [3.05, 3.63) is 77.6 Å². The molecule has 0 bridgehead atoms. The van der Waals surface area contributed by atoms with Gasteiger partial charge in [0, 0.05) is 29.3 Å². The molecule has 6 rings (SSSR count). The Kier molecular flexibility index (Phi) is 5.36. The van der Waals surface area contributed by atoms with Crippen molar-refractivity contribution in [3.63, 3.8) is 0 Å². The van der Waals surface area contributed by atoms with E-state index in [4.69, 9.17) is 14.9 Å². The average molecular weight is 495 g/mol. The molecular formula is C24H20F2N6O2S. The average Bonchev–Trinajstić information content (AvgIpc) is 3.46. The Bertz CT molecular complexity index is 1430. The molecule has 4 aromatic rings. The van der Waals surface area contributed by atoms with Gasteiger partial charge in [0.15, 0.2) is 11.8 Å². The van der Waals surface area contributed by atoms with Crippen LogP contribution in [0, 0.1) is 11.7 Å². The Hall–Kier alpha value is -3.60. The number of amidine groups is 1. The van der Waals surface area contributed by atoms with E-state index < -0.39 is 18.0 Å². The molecule has 4 heterocycles. The van der Waals surface area contributed by atoms with Crippen LogP contribution in [0.25, 0.3) is 11.0 Å². The number of halogens is 2. The lowest BCUT2D eigenvalue weighted by Gasteiger charge is -2.31. The zero-order valence-electron chi connectivity index (χ0n) is 18.4. The van der Waals surface area contributed by atoms with Crippen molar-refractivity contribution in [2.45, 2.75) is 30.2 Å². The van der Waals surface area contributed by atoms with Gasteiger partial charge in [-0.3, -0.25) is 4.98 Å². The second kappa shape index (κ2) is 8.56. The summed E-state index contributed by atoms with van der Waals surface area (Å²) in [4.78, 5) is 21.9. The first-order valence-corrected chi connectivity index (χ1v) is 11.9. The van der Waals surface area contributed by atoms with Crippen molar-refractivity contribution in [1.29, 1.82) is 0 Å². The summed E-state index contributed by atoms with van der Waals surface area (Å²) in [5.74, 6) is 0.206. The number of alkyl halides is 1. The van der Waals surface area contributed by atoms with Crippen LogP contribution in [0.1, 0.15) is 29.1 Å². The van der Waals surface area contributed by atoms with E-state index >= 15 is 0 Å². The highest BCUT2D eigenvalue weighted by Gasteiger charge is 2.58. The highest BCUT2D eigenvalue weighted by Crippen LogP contribution is 2.58. The van der Waals surface area contributed by atoms with E-state index in [9.17, 15) is 8.78 Å². The summed E-state index contributed by atoms with van der Waals surface area (Å²) in [5, 5.41) is 0.486. The van der Waals surface area contributed by atoms with Crippen molar-refractivity contribution in [1.82, 2.24) is 19.9 Å². The molecule has 0 radical (unpaired) electrons. The first-order valence-electron chi connectivity index (χ1n) is 11.0. The van der Waals surface area contributed by atoms with E-state index in [1.54, 1.807) is 24.4 Å². The Morgan fingerprint density at radius 3 is 2.94 bits per heavy atom. The number of thioether (sulfide) groups is 1. The molecule has 0 unspecified atom stereocenters. The number of fused-ring (bicyclic) bond motifs is 2. The molecule has 1 aliphatic heterocycles. The van der Waals surface area contributed by atoms with Gasteiger partial charge in [-0.2, -0.15) is 0 Å². The quantitative estimate of drug-likeness (QED) is 0.411. The van der Waals surface area contributed by atoms with Crippen LogP contribution in [0.4, 0.5) is 8.78 Å². The van der Waals surface area contributed by atoms with E-state index in [2.05, 4.69) is 24.9 Å². The third kappa shape index (κ3) is 3.99. The maximum absolute atomic E-state index is 15.0. The summed E-state index contributed by atoms with van der Waals surface area (Å²) in [6, 6.07) is 6.45. The molecule has 1 aromatic carbocycles. The van der Waals surface area contributed by atoms with Crippen LogP contribution < -0.4 is 10.5 Å². The third-order valence-corrected chi connectivity index (χ3v) is 7.50. The predicted octanol–water partition coefficient (Wildman–Crippen LogP) is 3.94. The van der Waals surface area contributed by atoms with E-state index in [1.807, 2.05) is 0 Å². The number of ether oxygens (including phenoxy) is 1. The molecule has 2 N–H and O–H groups in total. The normalized spacial score (nSPS) is 23.1. The molecule has 3 atom stereocenters. The van der Waals surface area contributed by atoms with Crippen molar-refractivity contribution in [2.24, 2.45) is 16.6 Å². The van der Waals surface area contributed by atoms with Gasteiger partial charge in [-0.05, 0) is 30.2 Å². The van der Waals surface area contributed by atoms with Crippen molar-refractivity contribution >= 4 is 28.0 Å². The standard InChI is InChI=1S/C24H20F2N6O2S/c25-12-24(15-9-19(15)35-23(27)32-24)14-7-13(1-2-16(14)26)8-18-22-17(3-4-28-18)31-20(10-30-22)34-11-21-29-5-6-33-21/h1-7,10,15,19H,8-9,11-12H2,(H2,27,32)/t15-,19-,24+/m0/s1. The smallest absolute Gasteiger partial charge is 0.233 e. The van der Waals surface area contributed by atoms with Gasteiger partial charge in [-0.25, -0.2) is 28.7 Å². The number of rotatable bonds is 7. The molecule has 1 fully saturated rings. The summed E-state index contributed by atoms with van der Waals surface area (Å²) in [5.41, 5.74) is 7.54. The number of hydrogen-bond acceptors (Lipinski definition) is 9. The van der Waals surface area contributed by atoms with E-state index in [-0.39, 0.29) is 23.3 Å². The SMILES string of the molecule is NC1=N[C@](CF)(c2cc(Cc3nccc4nc(OCc5ncco5)cnc34)ccc2F)[C@H]2C[C@@H]2S1. The molecule has 1 aliphatic carbocycles. The van der Waals surface area contributed by atoms with Crippen LogP contribution in [-0.4, -0.2) is 37.0 Å². The minimum absolute atomic E-state index is 0.0640. The lowest BCUT2D eigenvalue weighted by Crippen LogP contribution is -2.36. The summed E-state index contributed by atoms with van der Waals surface area (Å²) >= 11 is 1.44. The lowest BCUT2D eigenvalue weighted by atomic mass is 9.85. The van der Waals surface area contributed by atoms with Gasteiger partial charge >= 0.3 is 0 Å². The molecule has 8 nitrogen and oxygen atoms in total. The first-order chi connectivity index (χ1) is 17.1. The van der Waals surface area contributed by atoms with Crippen LogP contribution >= 0.6 is 11.8 Å². The molecule has 0 saturated heterocycles. The third-order valence-electron chi connectivity index (χ3n) is 6.34. The Labute approximate surface area is 203 Å². The topological polar surface area (TPSA) is 112 Å². The summed E-state index contributed by atoms with van der Waals surface area (Å²) in [6.07, 6.45) is 7.28. The fourth-order valence-electron chi connectivity index (χ4n) is 4.58. The molecule has 0 amide bonds.